The molecule has 2 aromatic rings. The van der Waals surface area contributed by atoms with Crippen LogP contribution in [-0.2, 0) is 27.3 Å². The Morgan fingerprint density at radius 3 is 2.86 bits per heavy atom. The van der Waals surface area contributed by atoms with Crippen LogP contribution in [0.1, 0.15) is 42.4 Å². The lowest BCUT2D eigenvalue weighted by molar-refractivity contribution is -0.167. The Hall–Kier alpha value is -2.58. The first-order chi connectivity index (χ1) is 13.2. The van der Waals surface area contributed by atoms with E-state index in [0.717, 1.165) is 26.9 Å². The summed E-state index contributed by atoms with van der Waals surface area (Å²) in [6.07, 6.45) is -2.10. The number of nitrogens with one attached hydrogen (secondary N) is 1. The van der Waals surface area contributed by atoms with Gasteiger partial charge in [-0.1, -0.05) is 13.0 Å². The van der Waals surface area contributed by atoms with Gasteiger partial charge in [0.2, 0.25) is 5.91 Å². The van der Waals surface area contributed by atoms with E-state index in [-0.39, 0.29) is 18.9 Å². The van der Waals surface area contributed by atoms with E-state index in [2.05, 4.69) is 10.2 Å². The number of carbonyl (C=O) groups is 2. The van der Waals surface area contributed by atoms with Gasteiger partial charge in [0.15, 0.2) is 0 Å². The monoisotopic (exact) mass is 395 g/mol. The van der Waals surface area contributed by atoms with Gasteiger partial charge in [-0.15, -0.1) is 0 Å². The maximum atomic E-state index is 13.2. The van der Waals surface area contributed by atoms with E-state index in [4.69, 9.17) is 4.74 Å². The van der Waals surface area contributed by atoms with E-state index in [9.17, 15) is 22.8 Å². The Morgan fingerprint density at radius 1 is 1.46 bits per heavy atom. The van der Waals surface area contributed by atoms with Crippen molar-refractivity contribution in [3.05, 3.63) is 29.0 Å². The summed E-state index contributed by atoms with van der Waals surface area (Å²) in [6, 6.07) is 1.95. The molecule has 2 aliphatic rings. The number of carbonyl (C=O) groups excluding carboxylic acids is 2. The Bertz CT molecular complexity index is 968. The molecule has 0 radical (unpaired) electrons. The molecule has 1 amide bonds. The van der Waals surface area contributed by atoms with E-state index >= 15 is 0 Å². The SMILES string of the molecule is CCc1cc2c(c3cn[nH]c13)CN(CC(F)(F)F)C(=O)[C@]1(CC(=O)OC)C[C@H]21. The highest BCUT2D eigenvalue weighted by molar-refractivity contribution is 5.95. The summed E-state index contributed by atoms with van der Waals surface area (Å²) in [6.45, 7) is 0.470. The van der Waals surface area contributed by atoms with Gasteiger partial charge in [0, 0.05) is 17.8 Å². The highest BCUT2D eigenvalue weighted by Crippen LogP contribution is 2.65. The largest absolute Gasteiger partial charge is 0.469 e. The Morgan fingerprint density at radius 2 is 2.21 bits per heavy atom. The van der Waals surface area contributed by atoms with Gasteiger partial charge < -0.3 is 9.64 Å². The summed E-state index contributed by atoms with van der Waals surface area (Å²) in [4.78, 5) is 25.9. The number of hydrogen-bond acceptors (Lipinski definition) is 4. The fourth-order valence-electron chi connectivity index (χ4n) is 4.50. The second-order valence-electron chi connectivity index (χ2n) is 7.56. The Kier molecular flexibility index (Phi) is 4.17. The number of rotatable bonds is 4. The first-order valence-electron chi connectivity index (χ1n) is 9.11. The molecule has 1 aromatic carbocycles. The van der Waals surface area contributed by atoms with Crippen LogP contribution in [0.3, 0.4) is 0 Å². The van der Waals surface area contributed by atoms with Gasteiger partial charge in [-0.05, 0) is 29.5 Å². The van der Waals surface area contributed by atoms with Crippen LogP contribution in [0.25, 0.3) is 10.9 Å². The van der Waals surface area contributed by atoms with Gasteiger partial charge in [0.05, 0.1) is 30.7 Å². The predicted molar refractivity (Wildman–Crippen MR) is 93.4 cm³/mol. The lowest BCUT2D eigenvalue weighted by Gasteiger charge is -2.27. The quantitative estimate of drug-likeness (QED) is 0.808. The fourth-order valence-corrected chi connectivity index (χ4v) is 4.50. The summed E-state index contributed by atoms with van der Waals surface area (Å²) in [7, 11) is 1.21. The molecule has 0 saturated heterocycles. The number of alkyl halides is 3. The molecule has 2 atom stereocenters. The highest BCUT2D eigenvalue weighted by Gasteiger charge is 2.65. The Labute approximate surface area is 159 Å². The zero-order valence-corrected chi connectivity index (χ0v) is 15.5. The first-order valence-corrected chi connectivity index (χ1v) is 9.11. The topological polar surface area (TPSA) is 75.3 Å². The highest BCUT2D eigenvalue weighted by atomic mass is 19.4. The molecule has 4 rings (SSSR count). The minimum atomic E-state index is -4.53. The van der Waals surface area contributed by atoms with Crippen molar-refractivity contribution < 1.29 is 27.5 Å². The van der Waals surface area contributed by atoms with Crippen molar-refractivity contribution in [1.82, 2.24) is 15.1 Å². The van der Waals surface area contributed by atoms with Crippen molar-refractivity contribution >= 4 is 22.8 Å². The van der Waals surface area contributed by atoms with Crippen molar-refractivity contribution in [2.24, 2.45) is 5.41 Å². The molecule has 0 spiro atoms. The molecule has 1 aliphatic carbocycles. The zero-order chi connectivity index (χ0) is 20.3. The molecular weight excluding hydrogens is 375 g/mol. The number of hydrogen-bond donors (Lipinski definition) is 1. The standard InChI is InChI=1S/C19H20F3N3O3/c1-3-10-4-11-13(12-7-23-24-16(10)12)8-25(9-19(20,21)22)17(27)18(5-14(11)18)6-15(26)28-2/h4,7,14H,3,5-6,8-9H2,1-2H3,(H,23,24)/t14-,18+/m1/s1. The molecule has 6 nitrogen and oxygen atoms in total. The van der Waals surface area contributed by atoms with Crippen LogP contribution in [0.4, 0.5) is 13.2 Å². The van der Waals surface area contributed by atoms with Crippen LogP contribution >= 0.6 is 0 Å². The molecule has 0 bridgehead atoms. The molecule has 1 saturated carbocycles. The number of H-pyrrole nitrogens is 1. The molecule has 150 valence electrons. The Balaban J connectivity index is 1.88. The molecule has 1 fully saturated rings. The van der Waals surface area contributed by atoms with E-state index < -0.39 is 30.0 Å². The first kappa shape index (κ1) is 18.8. The number of amides is 1. The number of aromatic amines is 1. The number of methoxy groups -OCH3 is 1. The molecule has 28 heavy (non-hydrogen) atoms. The predicted octanol–water partition coefficient (Wildman–Crippen LogP) is 3.07. The summed E-state index contributed by atoms with van der Waals surface area (Å²) in [5.41, 5.74) is 2.12. The number of benzene rings is 1. The third-order valence-corrected chi connectivity index (χ3v) is 5.92. The number of aryl methyl sites for hydroxylation is 1. The minimum absolute atomic E-state index is 0.160. The van der Waals surface area contributed by atoms with E-state index in [0.29, 0.717) is 18.4 Å². The van der Waals surface area contributed by atoms with Crippen LogP contribution in [-0.4, -0.2) is 46.8 Å². The lowest BCUT2D eigenvalue weighted by atomic mass is 9.91. The van der Waals surface area contributed by atoms with E-state index in [1.807, 2.05) is 13.0 Å². The summed E-state index contributed by atoms with van der Waals surface area (Å²) < 4.78 is 44.3. The molecule has 9 heteroatoms. The number of nitrogens with zero attached hydrogens (tertiary/aromatic N) is 2. The summed E-state index contributed by atoms with van der Waals surface area (Å²) >= 11 is 0. The number of ether oxygens (including phenoxy) is 1. The fraction of sp³-hybridized carbons (Fsp3) is 0.526. The molecule has 2 heterocycles. The average molecular weight is 395 g/mol. The van der Waals surface area contributed by atoms with Gasteiger partial charge in [-0.25, -0.2) is 0 Å². The van der Waals surface area contributed by atoms with Gasteiger partial charge in [0.1, 0.15) is 6.54 Å². The van der Waals surface area contributed by atoms with Gasteiger partial charge in [-0.2, -0.15) is 18.3 Å². The normalized spacial score (nSPS) is 24.0. The second-order valence-corrected chi connectivity index (χ2v) is 7.56. The third-order valence-electron chi connectivity index (χ3n) is 5.92. The third kappa shape index (κ3) is 2.84. The zero-order valence-electron chi connectivity index (χ0n) is 15.5. The minimum Gasteiger partial charge on any atom is -0.469 e. The maximum absolute atomic E-state index is 13.2. The van der Waals surface area contributed by atoms with Gasteiger partial charge in [-0.3, -0.25) is 14.7 Å². The molecule has 1 aromatic heterocycles. The van der Waals surface area contributed by atoms with Crippen molar-refractivity contribution in [1.29, 1.82) is 0 Å². The van der Waals surface area contributed by atoms with Crippen molar-refractivity contribution in [3.63, 3.8) is 0 Å². The van der Waals surface area contributed by atoms with Crippen molar-refractivity contribution in [2.75, 3.05) is 13.7 Å². The van der Waals surface area contributed by atoms with Crippen LogP contribution in [0.2, 0.25) is 0 Å². The molecule has 1 N–H and O–H groups in total. The smallest absolute Gasteiger partial charge is 0.406 e. The number of aromatic nitrogens is 2. The summed E-state index contributed by atoms with van der Waals surface area (Å²) in [5, 5.41) is 7.71. The number of esters is 1. The van der Waals surface area contributed by atoms with Crippen LogP contribution < -0.4 is 0 Å². The van der Waals surface area contributed by atoms with E-state index in [1.54, 1.807) is 6.20 Å². The van der Waals surface area contributed by atoms with E-state index in [1.165, 1.54) is 7.11 Å². The molecule has 0 unspecified atom stereocenters. The summed E-state index contributed by atoms with van der Waals surface area (Å²) in [5.74, 6) is -1.52. The molecular formula is C19H20F3N3O3. The molecule has 1 aliphatic heterocycles. The second kappa shape index (κ2) is 6.22. The van der Waals surface area contributed by atoms with Crippen LogP contribution in [0, 0.1) is 5.41 Å². The maximum Gasteiger partial charge on any atom is 0.406 e. The van der Waals surface area contributed by atoms with Crippen LogP contribution in [0.15, 0.2) is 12.3 Å². The number of halogens is 3. The van der Waals surface area contributed by atoms with Gasteiger partial charge >= 0.3 is 12.1 Å². The van der Waals surface area contributed by atoms with Gasteiger partial charge in [0.25, 0.3) is 0 Å². The number of fused-ring (bicyclic) bond motifs is 5. The van der Waals surface area contributed by atoms with Crippen LogP contribution in [0.5, 0.6) is 0 Å². The lowest BCUT2D eigenvalue weighted by Crippen LogP contribution is -2.42. The van der Waals surface area contributed by atoms with Crippen molar-refractivity contribution in [2.45, 2.75) is 44.8 Å². The van der Waals surface area contributed by atoms with Crippen molar-refractivity contribution in [3.8, 4) is 0 Å². The average Bonchev–Trinajstić information content (AvgIpc) is 3.15.